The molecule has 6 aromatic rings. The summed E-state index contributed by atoms with van der Waals surface area (Å²) in [5.74, 6) is -3.91. The second-order valence-corrected chi connectivity index (χ2v) is 13.5. The SMILES string of the molecule is Cc1cc2c(C(C)C)c(O)c(O)c(C=Nc3ccc(F)cc3)c2c(O)c1-c1c(C)cc2c(C(C)C)c(O)c(O)c(C=Nc3ccc(F)cc3)c2c1O. The lowest BCUT2D eigenvalue weighted by molar-refractivity contribution is 0.398. The maximum atomic E-state index is 13.6. The topological polar surface area (TPSA) is 146 Å². The van der Waals surface area contributed by atoms with Crippen LogP contribution < -0.4 is 0 Å². The maximum absolute atomic E-state index is 13.6. The van der Waals surface area contributed by atoms with E-state index in [2.05, 4.69) is 9.98 Å². The van der Waals surface area contributed by atoms with Crippen molar-refractivity contribution in [2.24, 2.45) is 9.98 Å². The molecule has 0 saturated heterocycles. The summed E-state index contributed by atoms with van der Waals surface area (Å²) in [5.41, 5.74) is 2.93. The largest absolute Gasteiger partial charge is 0.507 e. The van der Waals surface area contributed by atoms with Crippen LogP contribution in [0.4, 0.5) is 20.2 Å². The molecule has 0 atom stereocenters. The number of nitrogens with zero attached hydrogens (tertiary/aromatic N) is 2. The van der Waals surface area contributed by atoms with Crippen molar-refractivity contribution in [1.82, 2.24) is 0 Å². The quantitative estimate of drug-likeness (QED) is 0.0720. The van der Waals surface area contributed by atoms with Crippen LogP contribution in [0.3, 0.4) is 0 Å². The number of phenolic OH excluding ortho intramolecular Hbond substituents is 6. The predicted octanol–water partition coefficient (Wildman–Crippen LogP) is 10.5. The molecule has 6 aromatic carbocycles. The molecule has 0 saturated carbocycles. The van der Waals surface area contributed by atoms with Crippen LogP contribution in [0, 0.1) is 25.5 Å². The summed E-state index contributed by atoms with van der Waals surface area (Å²) in [7, 11) is 0. The van der Waals surface area contributed by atoms with E-state index in [4.69, 9.17) is 0 Å². The third kappa shape index (κ3) is 6.00. The Kier molecular flexibility index (Phi) is 9.27. The molecule has 0 bridgehead atoms. The summed E-state index contributed by atoms with van der Waals surface area (Å²) in [6, 6.07) is 14.2. The first kappa shape index (κ1) is 35.7. The Labute approximate surface area is 299 Å². The van der Waals surface area contributed by atoms with Gasteiger partial charge in [-0.25, -0.2) is 8.78 Å². The molecule has 0 fully saturated rings. The zero-order chi connectivity index (χ0) is 37.8. The van der Waals surface area contributed by atoms with Crippen LogP contribution in [0.15, 0.2) is 70.6 Å². The number of aliphatic imine (C=N–C) groups is 2. The second-order valence-electron chi connectivity index (χ2n) is 13.5. The molecular weight excluding hydrogens is 666 g/mol. The normalized spacial score (nSPS) is 12.1. The summed E-state index contributed by atoms with van der Waals surface area (Å²) in [5, 5.41) is 70.8. The van der Waals surface area contributed by atoms with Crippen molar-refractivity contribution in [3.05, 3.63) is 106 Å². The highest BCUT2D eigenvalue weighted by atomic mass is 19.1. The smallest absolute Gasteiger partial charge is 0.167 e. The first-order valence-corrected chi connectivity index (χ1v) is 16.7. The molecule has 0 aliphatic heterocycles. The fourth-order valence-electron chi connectivity index (χ4n) is 6.96. The van der Waals surface area contributed by atoms with Gasteiger partial charge in [0.2, 0.25) is 0 Å². The van der Waals surface area contributed by atoms with E-state index in [1.165, 1.54) is 61.0 Å². The zero-order valence-electron chi connectivity index (χ0n) is 29.4. The van der Waals surface area contributed by atoms with E-state index < -0.39 is 23.1 Å². The van der Waals surface area contributed by atoms with Crippen LogP contribution >= 0.6 is 0 Å². The van der Waals surface area contributed by atoms with Crippen molar-refractivity contribution in [2.45, 2.75) is 53.4 Å². The third-order valence-electron chi connectivity index (χ3n) is 9.33. The highest BCUT2D eigenvalue weighted by molar-refractivity contribution is 6.15. The fourth-order valence-corrected chi connectivity index (χ4v) is 6.96. The van der Waals surface area contributed by atoms with Gasteiger partial charge >= 0.3 is 0 Å². The summed E-state index contributed by atoms with van der Waals surface area (Å²) in [6.07, 6.45) is 2.56. The number of rotatable bonds is 7. The van der Waals surface area contributed by atoms with Gasteiger partial charge in [0.25, 0.3) is 0 Å². The summed E-state index contributed by atoms with van der Waals surface area (Å²) < 4.78 is 27.2. The van der Waals surface area contributed by atoms with E-state index in [0.29, 0.717) is 44.4 Å². The minimum absolute atomic E-state index is 0.00492. The molecule has 0 unspecified atom stereocenters. The van der Waals surface area contributed by atoms with Crippen molar-refractivity contribution in [2.75, 3.05) is 0 Å². The van der Waals surface area contributed by atoms with E-state index in [0.717, 1.165) is 0 Å². The standard InChI is InChI=1S/C42H38F2N2O6/c1-19(2)31-27-15-21(5)33(39(49)35(27)29(37(47)41(31)51)17-45-25-11-7-23(43)8-12-25)34-22(6)16-28-32(20(3)4)42(52)38(48)30(36(28)40(34)50)18-46-26-13-9-24(44)10-14-26/h7-20,47-52H,1-6H3. The van der Waals surface area contributed by atoms with Gasteiger partial charge in [-0.05, 0) is 96.1 Å². The van der Waals surface area contributed by atoms with E-state index in [9.17, 15) is 39.4 Å². The van der Waals surface area contributed by atoms with Crippen molar-refractivity contribution in [3.8, 4) is 45.6 Å². The van der Waals surface area contributed by atoms with Crippen LogP contribution in [-0.4, -0.2) is 43.1 Å². The van der Waals surface area contributed by atoms with Crippen LogP contribution in [0.25, 0.3) is 32.7 Å². The number of hydrogen-bond donors (Lipinski definition) is 6. The third-order valence-corrected chi connectivity index (χ3v) is 9.33. The van der Waals surface area contributed by atoms with Gasteiger partial charge < -0.3 is 30.6 Å². The number of aryl methyl sites for hydroxylation is 2. The minimum Gasteiger partial charge on any atom is -0.507 e. The molecule has 0 aromatic heterocycles. The Bertz CT molecular complexity index is 2280. The maximum Gasteiger partial charge on any atom is 0.167 e. The number of fused-ring (bicyclic) bond motifs is 2. The lowest BCUT2D eigenvalue weighted by Crippen LogP contribution is -2.01. The van der Waals surface area contributed by atoms with Crippen molar-refractivity contribution in [3.63, 3.8) is 0 Å². The van der Waals surface area contributed by atoms with Crippen molar-refractivity contribution < 1.29 is 39.4 Å². The van der Waals surface area contributed by atoms with Crippen LogP contribution in [0.5, 0.6) is 34.5 Å². The molecule has 10 heteroatoms. The van der Waals surface area contributed by atoms with E-state index >= 15 is 0 Å². The average molecular weight is 705 g/mol. The Hall–Kier alpha value is -6.16. The number of halogens is 2. The first-order valence-electron chi connectivity index (χ1n) is 16.7. The second kappa shape index (κ2) is 13.5. The number of benzene rings is 6. The Morgan fingerprint density at radius 3 is 1.13 bits per heavy atom. The molecule has 6 rings (SSSR count). The fraction of sp³-hybridized carbons (Fsp3) is 0.190. The summed E-state index contributed by atoms with van der Waals surface area (Å²) in [4.78, 5) is 8.76. The Morgan fingerprint density at radius 1 is 0.500 bits per heavy atom. The van der Waals surface area contributed by atoms with E-state index in [1.807, 2.05) is 27.7 Å². The van der Waals surface area contributed by atoms with Gasteiger partial charge in [-0.2, -0.15) is 0 Å². The number of aromatic hydroxyl groups is 6. The molecule has 0 radical (unpaired) electrons. The van der Waals surface area contributed by atoms with Gasteiger partial charge in [0.05, 0.1) is 22.5 Å². The van der Waals surface area contributed by atoms with Crippen LogP contribution in [-0.2, 0) is 0 Å². The van der Waals surface area contributed by atoms with Gasteiger partial charge in [0.15, 0.2) is 23.0 Å². The van der Waals surface area contributed by atoms with Gasteiger partial charge in [-0.3, -0.25) is 9.98 Å². The van der Waals surface area contributed by atoms with Crippen molar-refractivity contribution >= 4 is 45.3 Å². The molecule has 52 heavy (non-hydrogen) atoms. The Morgan fingerprint density at radius 2 is 0.827 bits per heavy atom. The predicted molar refractivity (Wildman–Crippen MR) is 202 cm³/mol. The molecule has 6 N–H and O–H groups in total. The van der Waals surface area contributed by atoms with Gasteiger partial charge in [-0.1, -0.05) is 39.8 Å². The molecule has 0 aliphatic rings. The molecule has 0 heterocycles. The average Bonchev–Trinajstić information content (AvgIpc) is 3.08. The monoisotopic (exact) mass is 704 g/mol. The minimum atomic E-state index is -0.520. The highest BCUT2D eigenvalue weighted by Crippen LogP contribution is 2.54. The lowest BCUT2D eigenvalue weighted by Gasteiger charge is -2.23. The molecule has 0 aliphatic carbocycles. The molecule has 8 nitrogen and oxygen atoms in total. The van der Waals surface area contributed by atoms with Gasteiger partial charge in [-0.15, -0.1) is 0 Å². The summed E-state index contributed by atoms with van der Waals surface area (Å²) in [6.45, 7) is 10.8. The summed E-state index contributed by atoms with van der Waals surface area (Å²) >= 11 is 0. The lowest BCUT2D eigenvalue weighted by atomic mass is 9.83. The first-order chi connectivity index (χ1) is 24.6. The number of phenols is 6. The zero-order valence-corrected chi connectivity index (χ0v) is 29.4. The van der Waals surface area contributed by atoms with Crippen molar-refractivity contribution in [1.29, 1.82) is 0 Å². The molecule has 0 spiro atoms. The van der Waals surface area contributed by atoms with Gasteiger partial charge in [0.1, 0.15) is 23.1 Å². The Balaban J connectivity index is 1.71. The molecule has 0 amide bonds. The van der Waals surface area contributed by atoms with E-state index in [-0.39, 0.29) is 67.9 Å². The molecule has 266 valence electrons. The highest BCUT2D eigenvalue weighted by Gasteiger charge is 2.29. The molecular formula is C42H38F2N2O6. The van der Waals surface area contributed by atoms with Crippen LogP contribution in [0.2, 0.25) is 0 Å². The number of hydrogen-bond acceptors (Lipinski definition) is 8. The van der Waals surface area contributed by atoms with Crippen LogP contribution in [0.1, 0.15) is 72.9 Å². The van der Waals surface area contributed by atoms with E-state index in [1.54, 1.807) is 26.0 Å². The van der Waals surface area contributed by atoms with Gasteiger partial charge in [0, 0.05) is 45.5 Å².